The van der Waals surface area contributed by atoms with Gasteiger partial charge in [-0.2, -0.15) is 0 Å². The monoisotopic (exact) mass is 299 g/mol. The maximum absolute atomic E-state index is 11.6. The molecule has 0 aliphatic rings. The molecule has 0 saturated heterocycles. The minimum Gasteiger partial charge on any atom is -0.345 e. The largest absolute Gasteiger partial charge is 0.345 e. The van der Waals surface area contributed by atoms with E-state index in [9.17, 15) is 9.59 Å². The zero-order valence-corrected chi connectivity index (χ0v) is 11.3. The summed E-state index contributed by atoms with van der Waals surface area (Å²) in [7, 11) is 1.69. The number of carbonyl (C=O) groups is 2. The highest BCUT2D eigenvalue weighted by Gasteiger charge is 2.11. The summed E-state index contributed by atoms with van der Waals surface area (Å²) in [5.74, 6) is -0.486. The fourth-order valence-electron chi connectivity index (χ4n) is 1.09. The van der Waals surface area contributed by atoms with Crippen LogP contribution in [0.5, 0.6) is 0 Å². The van der Waals surface area contributed by atoms with Gasteiger partial charge in [-0.15, -0.1) is 0 Å². The first-order chi connectivity index (χ1) is 8.04. The number of aromatic nitrogens is 1. The molecule has 0 aliphatic carbocycles. The van der Waals surface area contributed by atoms with Crippen LogP contribution in [0.1, 0.15) is 17.4 Å². The summed E-state index contributed by atoms with van der Waals surface area (Å²) >= 11 is 3.18. The van der Waals surface area contributed by atoms with Gasteiger partial charge in [0.1, 0.15) is 10.3 Å². The van der Waals surface area contributed by atoms with Crippen molar-refractivity contribution >= 4 is 27.7 Å². The van der Waals surface area contributed by atoms with E-state index in [0.29, 0.717) is 11.1 Å². The first kappa shape index (κ1) is 13.6. The number of nitrogens with zero attached hydrogens (tertiary/aromatic N) is 2. The van der Waals surface area contributed by atoms with E-state index >= 15 is 0 Å². The van der Waals surface area contributed by atoms with E-state index in [1.54, 1.807) is 25.2 Å². The van der Waals surface area contributed by atoms with Gasteiger partial charge in [-0.1, -0.05) is 6.07 Å². The quantitative estimate of drug-likeness (QED) is 0.846. The molecule has 0 aliphatic heterocycles. The lowest BCUT2D eigenvalue weighted by atomic mass is 10.3. The van der Waals surface area contributed by atoms with Gasteiger partial charge in [-0.05, 0) is 35.0 Å². The third kappa shape index (κ3) is 4.14. The van der Waals surface area contributed by atoms with Crippen molar-refractivity contribution in [3.05, 3.63) is 28.5 Å². The van der Waals surface area contributed by atoms with Gasteiger partial charge in [0.05, 0.1) is 6.54 Å². The molecule has 1 heterocycles. The van der Waals surface area contributed by atoms with Crippen LogP contribution >= 0.6 is 15.9 Å². The van der Waals surface area contributed by atoms with E-state index < -0.39 is 0 Å². The van der Waals surface area contributed by atoms with Crippen LogP contribution in [0.4, 0.5) is 0 Å². The highest BCUT2D eigenvalue weighted by atomic mass is 79.9. The van der Waals surface area contributed by atoms with Crippen LogP contribution in [0.3, 0.4) is 0 Å². The topological polar surface area (TPSA) is 62.3 Å². The normalized spacial score (nSPS) is 9.82. The molecular weight excluding hydrogens is 286 g/mol. The second kappa shape index (κ2) is 6.34. The number of rotatable bonds is 4. The van der Waals surface area contributed by atoms with Crippen molar-refractivity contribution in [2.45, 2.75) is 6.92 Å². The van der Waals surface area contributed by atoms with Gasteiger partial charge in [0.25, 0.3) is 5.91 Å². The molecule has 1 aromatic rings. The Bertz CT molecular complexity index is 423. The lowest BCUT2D eigenvalue weighted by Gasteiger charge is -2.14. The van der Waals surface area contributed by atoms with E-state index in [2.05, 4.69) is 26.2 Å². The molecule has 0 atom stereocenters. The molecule has 1 rings (SSSR count). The third-order valence-electron chi connectivity index (χ3n) is 2.25. The molecule has 0 radical (unpaired) electrons. The average Bonchev–Trinajstić information content (AvgIpc) is 2.34. The number of amides is 2. The van der Waals surface area contributed by atoms with E-state index in [1.165, 1.54) is 4.90 Å². The van der Waals surface area contributed by atoms with Crippen molar-refractivity contribution in [3.63, 3.8) is 0 Å². The van der Waals surface area contributed by atoms with E-state index in [4.69, 9.17) is 0 Å². The fourth-order valence-corrected chi connectivity index (χ4v) is 1.44. The number of halogens is 1. The minimum absolute atomic E-state index is 0.0165. The summed E-state index contributed by atoms with van der Waals surface area (Å²) in [6, 6.07) is 5.03. The maximum Gasteiger partial charge on any atom is 0.270 e. The highest BCUT2D eigenvalue weighted by Crippen LogP contribution is 2.05. The molecule has 0 saturated carbocycles. The summed E-state index contributed by atoms with van der Waals surface area (Å²) < 4.78 is 0.585. The molecule has 0 spiro atoms. The Balaban J connectivity index is 2.53. The van der Waals surface area contributed by atoms with Crippen molar-refractivity contribution in [1.82, 2.24) is 15.2 Å². The molecule has 17 heavy (non-hydrogen) atoms. The first-order valence-corrected chi connectivity index (χ1v) is 5.98. The lowest BCUT2D eigenvalue weighted by Crippen LogP contribution is -2.38. The van der Waals surface area contributed by atoms with Crippen LogP contribution in [-0.4, -0.2) is 41.8 Å². The standard InChI is InChI=1S/C11H14BrN3O2/c1-3-15(2)10(16)7-13-11(17)8-5-4-6-9(12)14-8/h4-6H,3,7H2,1-2H3,(H,13,17). The Labute approximate surface area is 108 Å². The second-order valence-electron chi connectivity index (χ2n) is 3.44. The van der Waals surface area contributed by atoms with Crippen molar-refractivity contribution in [2.24, 2.45) is 0 Å². The van der Waals surface area contributed by atoms with Crippen molar-refractivity contribution in [3.8, 4) is 0 Å². The number of carbonyl (C=O) groups excluding carboxylic acids is 2. The molecular formula is C11H14BrN3O2. The van der Waals surface area contributed by atoms with Crippen LogP contribution < -0.4 is 5.32 Å². The number of likely N-dealkylation sites (N-methyl/N-ethyl adjacent to an activating group) is 1. The summed E-state index contributed by atoms with van der Waals surface area (Å²) in [6.07, 6.45) is 0. The van der Waals surface area contributed by atoms with Crippen LogP contribution in [-0.2, 0) is 4.79 Å². The molecule has 5 nitrogen and oxygen atoms in total. The van der Waals surface area contributed by atoms with E-state index in [0.717, 1.165) is 0 Å². The van der Waals surface area contributed by atoms with Gasteiger partial charge < -0.3 is 10.2 Å². The van der Waals surface area contributed by atoms with E-state index in [-0.39, 0.29) is 24.1 Å². The Hall–Kier alpha value is -1.43. The first-order valence-electron chi connectivity index (χ1n) is 5.19. The van der Waals surface area contributed by atoms with Gasteiger partial charge in [0.2, 0.25) is 5.91 Å². The van der Waals surface area contributed by atoms with Crippen molar-refractivity contribution < 1.29 is 9.59 Å². The highest BCUT2D eigenvalue weighted by molar-refractivity contribution is 9.10. The van der Waals surface area contributed by atoms with Gasteiger partial charge in [0.15, 0.2) is 0 Å². The second-order valence-corrected chi connectivity index (χ2v) is 4.25. The lowest BCUT2D eigenvalue weighted by molar-refractivity contribution is -0.128. The molecule has 1 N–H and O–H groups in total. The van der Waals surface area contributed by atoms with Crippen LogP contribution in [0.15, 0.2) is 22.8 Å². The average molecular weight is 300 g/mol. The Morgan fingerprint density at radius 1 is 1.47 bits per heavy atom. The summed E-state index contributed by atoms with van der Waals surface area (Å²) in [6.45, 7) is 2.47. The predicted molar refractivity (Wildman–Crippen MR) is 67.6 cm³/mol. The van der Waals surface area contributed by atoms with Gasteiger partial charge in [-0.3, -0.25) is 9.59 Å². The zero-order valence-electron chi connectivity index (χ0n) is 9.74. The molecule has 0 aromatic carbocycles. The number of nitrogens with one attached hydrogen (secondary N) is 1. The molecule has 0 fully saturated rings. The molecule has 2 amide bonds. The smallest absolute Gasteiger partial charge is 0.270 e. The number of pyridine rings is 1. The van der Waals surface area contributed by atoms with Crippen LogP contribution in [0.25, 0.3) is 0 Å². The van der Waals surface area contributed by atoms with Crippen molar-refractivity contribution in [1.29, 1.82) is 0 Å². The van der Waals surface area contributed by atoms with E-state index in [1.807, 2.05) is 6.92 Å². The Morgan fingerprint density at radius 3 is 2.76 bits per heavy atom. The SMILES string of the molecule is CCN(C)C(=O)CNC(=O)c1cccc(Br)n1. The molecule has 0 unspecified atom stereocenters. The van der Waals surface area contributed by atoms with Crippen LogP contribution in [0, 0.1) is 0 Å². The van der Waals surface area contributed by atoms with Gasteiger partial charge in [0, 0.05) is 13.6 Å². The Morgan fingerprint density at radius 2 is 2.18 bits per heavy atom. The van der Waals surface area contributed by atoms with Crippen molar-refractivity contribution in [2.75, 3.05) is 20.1 Å². The summed E-state index contributed by atoms with van der Waals surface area (Å²) in [5.41, 5.74) is 0.284. The predicted octanol–water partition coefficient (Wildman–Crippen LogP) is 1.05. The molecule has 6 heteroatoms. The van der Waals surface area contributed by atoms with Crippen LogP contribution in [0.2, 0.25) is 0 Å². The van der Waals surface area contributed by atoms with Gasteiger partial charge >= 0.3 is 0 Å². The minimum atomic E-state index is -0.357. The number of hydrogen-bond donors (Lipinski definition) is 1. The molecule has 1 aromatic heterocycles. The Kier molecular flexibility index (Phi) is 5.09. The molecule has 92 valence electrons. The fraction of sp³-hybridized carbons (Fsp3) is 0.364. The molecule has 0 bridgehead atoms. The zero-order chi connectivity index (χ0) is 12.8. The summed E-state index contributed by atoms with van der Waals surface area (Å²) in [5, 5.41) is 2.53. The maximum atomic E-state index is 11.6. The summed E-state index contributed by atoms with van der Waals surface area (Å²) in [4.78, 5) is 28.6. The van der Waals surface area contributed by atoms with Gasteiger partial charge in [-0.25, -0.2) is 4.98 Å². The number of hydrogen-bond acceptors (Lipinski definition) is 3. The third-order valence-corrected chi connectivity index (χ3v) is 2.69.